The quantitative estimate of drug-likeness (QED) is 0.627. The van der Waals surface area contributed by atoms with E-state index in [9.17, 15) is 9.59 Å². The van der Waals surface area contributed by atoms with Gasteiger partial charge in [0.15, 0.2) is 5.78 Å². The SMILES string of the molecule is O=C(CBr)c1ccc(CN2CCOCC2=O)s1. The van der Waals surface area contributed by atoms with Gasteiger partial charge >= 0.3 is 0 Å². The van der Waals surface area contributed by atoms with Crippen molar-refractivity contribution in [2.24, 2.45) is 0 Å². The highest BCUT2D eigenvalue weighted by Gasteiger charge is 2.19. The van der Waals surface area contributed by atoms with Gasteiger partial charge in [-0.05, 0) is 12.1 Å². The number of nitrogens with zero attached hydrogens (tertiary/aromatic N) is 1. The molecule has 6 heteroatoms. The van der Waals surface area contributed by atoms with Crippen LogP contribution in [0.25, 0.3) is 0 Å². The molecule has 1 aromatic rings. The summed E-state index contributed by atoms with van der Waals surface area (Å²) in [7, 11) is 0. The maximum atomic E-state index is 11.5. The molecule has 0 saturated carbocycles. The summed E-state index contributed by atoms with van der Waals surface area (Å²) in [5.74, 6) is 0.0903. The molecule has 1 aromatic heterocycles. The molecule has 0 bridgehead atoms. The Morgan fingerprint density at radius 3 is 3.06 bits per heavy atom. The van der Waals surface area contributed by atoms with E-state index < -0.39 is 0 Å². The molecule has 1 aliphatic rings. The van der Waals surface area contributed by atoms with E-state index in [0.29, 0.717) is 25.0 Å². The Morgan fingerprint density at radius 1 is 1.53 bits per heavy atom. The minimum atomic E-state index is 0.0121. The van der Waals surface area contributed by atoms with Crippen molar-refractivity contribution in [3.63, 3.8) is 0 Å². The molecule has 17 heavy (non-hydrogen) atoms. The van der Waals surface area contributed by atoms with E-state index in [-0.39, 0.29) is 18.3 Å². The molecule has 0 spiro atoms. The lowest BCUT2D eigenvalue weighted by Gasteiger charge is -2.26. The van der Waals surface area contributed by atoms with Gasteiger partial charge < -0.3 is 9.64 Å². The zero-order valence-electron chi connectivity index (χ0n) is 9.15. The van der Waals surface area contributed by atoms with Crippen LogP contribution >= 0.6 is 27.3 Å². The Bertz CT molecular complexity index is 432. The summed E-state index contributed by atoms with van der Waals surface area (Å²) in [4.78, 5) is 26.5. The Hall–Kier alpha value is -0.720. The van der Waals surface area contributed by atoms with E-state index >= 15 is 0 Å². The summed E-state index contributed by atoms with van der Waals surface area (Å²) in [6.07, 6.45) is 0. The molecule has 2 rings (SSSR count). The van der Waals surface area contributed by atoms with Crippen LogP contribution in [-0.2, 0) is 16.1 Å². The van der Waals surface area contributed by atoms with Crippen molar-refractivity contribution in [3.8, 4) is 0 Å². The normalized spacial score (nSPS) is 16.3. The number of halogens is 1. The highest BCUT2D eigenvalue weighted by atomic mass is 79.9. The number of ether oxygens (including phenoxy) is 1. The van der Waals surface area contributed by atoms with E-state index in [1.807, 2.05) is 12.1 Å². The third-order valence-electron chi connectivity index (χ3n) is 2.49. The zero-order chi connectivity index (χ0) is 12.3. The lowest BCUT2D eigenvalue weighted by Crippen LogP contribution is -2.40. The van der Waals surface area contributed by atoms with Crippen LogP contribution in [0.1, 0.15) is 14.5 Å². The summed E-state index contributed by atoms with van der Waals surface area (Å²) in [6, 6.07) is 3.72. The molecule has 1 saturated heterocycles. The predicted octanol–water partition coefficient (Wildman–Crippen LogP) is 1.68. The van der Waals surface area contributed by atoms with Crippen molar-refractivity contribution in [3.05, 3.63) is 21.9 Å². The number of carbonyl (C=O) groups is 2. The van der Waals surface area contributed by atoms with Gasteiger partial charge in [0, 0.05) is 11.4 Å². The third kappa shape index (κ3) is 3.14. The van der Waals surface area contributed by atoms with E-state index in [4.69, 9.17) is 4.74 Å². The van der Waals surface area contributed by atoms with Crippen molar-refractivity contribution in [2.75, 3.05) is 25.1 Å². The van der Waals surface area contributed by atoms with Crippen LogP contribution in [-0.4, -0.2) is 41.7 Å². The molecule has 1 fully saturated rings. The number of Topliss-reactive ketones (excluding diaryl/α,β-unsaturated/α-hetero) is 1. The Morgan fingerprint density at radius 2 is 2.35 bits per heavy atom. The van der Waals surface area contributed by atoms with Gasteiger partial charge in [0.2, 0.25) is 5.91 Å². The molecule has 2 heterocycles. The van der Waals surface area contributed by atoms with Crippen LogP contribution in [0.5, 0.6) is 0 Å². The minimum Gasteiger partial charge on any atom is -0.370 e. The summed E-state index contributed by atoms with van der Waals surface area (Å²) in [6.45, 7) is 1.95. The standard InChI is InChI=1S/C11H12BrNO3S/c12-5-9(14)10-2-1-8(17-10)6-13-3-4-16-7-11(13)15/h1-2H,3-7H2. The Labute approximate surface area is 112 Å². The molecule has 1 amide bonds. The van der Waals surface area contributed by atoms with Crippen molar-refractivity contribution in [1.29, 1.82) is 0 Å². The van der Waals surface area contributed by atoms with Gasteiger partial charge in [0.1, 0.15) is 6.61 Å². The zero-order valence-corrected chi connectivity index (χ0v) is 11.6. The number of hydrogen-bond acceptors (Lipinski definition) is 4. The number of carbonyl (C=O) groups excluding carboxylic acids is 2. The first-order chi connectivity index (χ1) is 8.20. The van der Waals surface area contributed by atoms with Crippen molar-refractivity contribution >= 4 is 39.0 Å². The fourth-order valence-corrected chi connectivity index (χ4v) is 3.03. The predicted molar refractivity (Wildman–Crippen MR) is 68.7 cm³/mol. The van der Waals surface area contributed by atoms with Crippen LogP contribution in [0, 0.1) is 0 Å². The summed E-state index contributed by atoms with van der Waals surface area (Å²) in [5.41, 5.74) is 0. The molecule has 0 aromatic carbocycles. The number of thiophene rings is 1. The van der Waals surface area contributed by atoms with Crippen LogP contribution in [0.3, 0.4) is 0 Å². The lowest BCUT2D eigenvalue weighted by molar-refractivity contribution is -0.143. The van der Waals surface area contributed by atoms with Gasteiger partial charge in [0.05, 0.1) is 23.4 Å². The molecule has 92 valence electrons. The molecular formula is C11H12BrNO3S. The lowest BCUT2D eigenvalue weighted by atomic mass is 10.3. The van der Waals surface area contributed by atoms with E-state index in [1.165, 1.54) is 11.3 Å². The number of alkyl halides is 1. The number of hydrogen-bond donors (Lipinski definition) is 0. The average molecular weight is 318 g/mol. The summed E-state index contributed by atoms with van der Waals surface area (Å²) < 4.78 is 5.06. The monoisotopic (exact) mass is 317 g/mol. The maximum Gasteiger partial charge on any atom is 0.248 e. The highest BCUT2D eigenvalue weighted by molar-refractivity contribution is 9.09. The van der Waals surface area contributed by atoms with Gasteiger partial charge in [-0.25, -0.2) is 0 Å². The van der Waals surface area contributed by atoms with Gasteiger partial charge in [0.25, 0.3) is 0 Å². The fourth-order valence-electron chi connectivity index (χ4n) is 1.58. The maximum absolute atomic E-state index is 11.5. The molecule has 1 aliphatic heterocycles. The molecule has 4 nitrogen and oxygen atoms in total. The van der Waals surface area contributed by atoms with Crippen molar-refractivity contribution in [1.82, 2.24) is 4.90 Å². The molecule has 0 radical (unpaired) electrons. The smallest absolute Gasteiger partial charge is 0.248 e. The van der Waals surface area contributed by atoms with Gasteiger partial charge in [-0.15, -0.1) is 11.3 Å². The van der Waals surface area contributed by atoms with E-state index in [0.717, 1.165) is 9.75 Å². The fraction of sp³-hybridized carbons (Fsp3) is 0.455. The minimum absolute atomic E-state index is 0.0121. The van der Waals surface area contributed by atoms with Gasteiger partial charge in [-0.1, -0.05) is 15.9 Å². The first-order valence-electron chi connectivity index (χ1n) is 5.24. The largest absolute Gasteiger partial charge is 0.370 e. The second-order valence-electron chi connectivity index (χ2n) is 3.69. The molecular weight excluding hydrogens is 306 g/mol. The van der Waals surface area contributed by atoms with E-state index in [1.54, 1.807) is 4.90 Å². The van der Waals surface area contributed by atoms with Crippen LogP contribution in [0.15, 0.2) is 12.1 Å². The third-order valence-corrected chi connectivity index (χ3v) is 4.11. The van der Waals surface area contributed by atoms with Crippen LogP contribution < -0.4 is 0 Å². The van der Waals surface area contributed by atoms with Gasteiger partial charge in [-0.3, -0.25) is 9.59 Å². The topological polar surface area (TPSA) is 46.6 Å². The number of rotatable bonds is 4. The first-order valence-corrected chi connectivity index (χ1v) is 7.18. The molecule has 0 atom stereocenters. The van der Waals surface area contributed by atoms with Crippen molar-refractivity contribution in [2.45, 2.75) is 6.54 Å². The van der Waals surface area contributed by atoms with Gasteiger partial charge in [-0.2, -0.15) is 0 Å². The number of amides is 1. The molecule has 0 N–H and O–H groups in total. The second-order valence-corrected chi connectivity index (χ2v) is 5.42. The summed E-state index contributed by atoms with van der Waals surface area (Å²) >= 11 is 4.59. The number of ketones is 1. The number of morpholine rings is 1. The van der Waals surface area contributed by atoms with Crippen LogP contribution in [0.4, 0.5) is 0 Å². The van der Waals surface area contributed by atoms with Crippen LogP contribution in [0.2, 0.25) is 0 Å². The molecule has 0 aliphatic carbocycles. The highest BCUT2D eigenvalue weighted by Crippen LogP contribution is 2.20. The molecule has 0 unspecified atom stereocenters. The van der Waals surface area contributed by atoms with E-state index in [2.05, 4.69) is 15.9 Å². The summed E-state index contributed by atoms with van der Waals surface area (Å²) in [5, 5.41) is 0.337. The Kier molecular flexibility index (Phi) is 4.31. The Balaban J connectivity index is 2.01. The second kappa shape index (κ2) is 5.75. The first kappa shape index (κ1) is 12.7. The van der Waals surface area contributed by atoms with Crippen molar-refractivity contribution < 1.29 is 14.3 Å². The average Bonchev–Trinajstić information content (AvgIpc) is 2.80.